The van der Waals surface area contributed by atoms with Gasteiger partial charge >= 0.3 is 0 Å². The number of hydrogen-bond donors (Lipinski definition) is 1. The molecule has 0 aliphatic rings. The lowest BCUT2D eigenvalue weighted by atomic mass is 10.1. The summed E-state index contributed by atoms with van der Waals surface area (Å²) in [5.74, 6) is -0.189. The third-order valence-corrected chi connectivity index (χ3v) is 3.69. The normalized spacial score (nSPS) is 12.5. The average molecular weight is 301 g/mol. The van der Waals surface area contributed by atoms with Crippen molar-refractivity contribution in [1.29, 1.82) is 0 Å². The van der Waals surface area contributed by atoms with Gasteiger partial charge in [0.15, 0.2) is 0 Å². The fourth-order valence-electron chi connectivity index (χ4n) is 2.62. The van der Waals surface area contributed by atoms with Gasteiger partial charge in [-0.05, 0) is 18.1 Å². The van der Waals surface area contributed by atoms with Crippen LogP contribution in [0.2, 0.25) is 0 Å². The molecule has 118 valence electrons. The molecule has 1 N–H and O–H groups in total. The van der Waals surface area contributed by atoms with Crippen LogP contribution in [-0.2, 0) is 13.1 Å². The first-order chi connectivity index (χ1) is 10.7. The summed E-state index contributed by atoms with van der Waals surface area (Å²) in [6.45, 7) is 3.82. The first-order valence-electron chi connectivity index (χ1n) is 7.86. The Morgan fingerprint density at radius 1 is 1.00 bits per heavy atom. The monoisotopic (exact) mass is 301 g/mol. The molecule has 2 aromatic carbocycles. The smallest absolute Gasteiger partial charge is 0.127 e. The van der Waals surface area contributed by atoms with Crippen LogP contribution in [0, 0.1) is 5.82 Å². The SMILES string of the molecule is CCCC(O)CN(Cc1ccccc1)Cc1ccccc1F. The highest BCUT2D eigenvalue weighted by Crippen LogP contribution is 2.14. The molecule has 2 aromatic rings. The molecule has 22 heavy (non-hydrogen) atoms. The summed E-state index contributed by atoms with van der Waals surface area (Å²) in [5.41, 5.74) is 1.84. The van der Waals surface area contributed by atoms with E-state index in [4.69, 9.17) is 0 Å². The van der Waals surface area contributed by atoms with Gasteiger partial charge in [-0.25, -0.2) is 4.39 Å². The Labute approximate surface area is 132 Å². The molecule has 0 fully saturated rings. The number of benzene rings is 2. The molecule has 1 unspecified atom stereocenters. The Balaban J connectivity index is 2.08. The predicted molar refractivity (Wildman–Crippen MR) is 87.9 cm³/mol. The summed E-state index contributed by atoms with van der Waals surface area (Å²) in [5, 5.41) is 10.1. The zero-order valence-electron chi connectivity index (χ0n) is 13.1. The van der Waals surface area contributed by atoms with Crippen molar-refractivity contribution in [3.8, 4) is 0 Å². The van der Waals surface area contributed by atoms with Crippen LogP contribution < -0.4 is 0 Å². The topological polar surface area (TPSA) is 23.5 Å². The Hall–Kier alpha value is -1.71. The van der Waals surface area contributed by atoms with E-state index in [-0.39, 0.29) is 11.9 Å². The second kappa shape index (κ2) is 8.66. The molecule has 2 nitrogen and oxygen atoms in total. The zero-order chi connectivity index (χ0) is 15.8. The van der Waals surface area contributed by atoms with E-state index in [9.17, 15) is 9.50 Å². The van der Waals surface area contributed by atoms with Crippen molar-refractivity contribution in [3.63, 3.8) is 0 Å². The van der Waals surface area contributed by atoms with E-state index in [1.165, 1.54) is 11.6 Å². The largest absolute Gasteiger partial charge is 0.392 e. The minimum Gasteiger partial charge on any atom is -0.392 e. The highest BCUT2D eigenvalue weighted by atomic mass is 19.1. The van der Waals surface area contributed by atoms with Crippen LogP contribution in [0.3, 0.4) is 0 Å². The van der Waals surface area contributed by atoms with Crippen molar-refractivity contribution in [2.24, 2.45) is 0 Å². The maximum atomic E-state index is 13.9. The number of nitrogens with zero attached hydrogens (tertiary/aromatic N) is 1. The van der Waals surface area contributed by atoms with E-state index in [0.717, 1.165) is 12.8 Å². The zero-order valence-corrected chi connectivity index (χ0v) is 13.1. The van der Waals surface area contributed by atoms with Crippen LogP contribution in [0.1, 0.15) is 30.9 Å². The maximum absolute atomic E-state index is 13.9. The van der Waals surface area contributed by atoms with E-state index in [2.05, 4.69) is 24.0 Å². The highest BCUT2D eigenvalue weighted by molar-refractivity contribution is 5.18. The van der Waals surface area contributed by atoms with Gasteiger partial charge in [0.05, 0.1) is 6.10 Å². The molecule has 0 amide bonds. The van der Waals surface area contributed by atoms with Gasteiger partial charge in [-0.15, -0.1) is 0 Å². The third kappa shape index (κ3) is 5.24. The molecule has 2 rings (SSSR count). The number of halogens is 1. The lowest BCUT2D eigenvalue weighted by Gasteiger charge is -2.25. The van der Waals surface area contributed by atoms with Crippen molar-refractivity contribution < 1.29 is 9.50 Å². The van der Waals surface area contributed by atoms with Gasteiger partial charge in [0.2, 0.25) is 0 Å². The molecule has 0 aliphatic heterocycles. The fraction of sp³-hybridized carbons (Fsp3) is 0.368. The lowest BCUT2D eigenvalue weighted by molar-refractivity contribution is 0.0964. The van der Waals surface area contributed by atoms with Crippen molar-refractivity contribution in [2.75, 3.05) is 6.54 Å². The summed E-state index contributed by atoms with van der Waals surface area (Å²) >= 11 is 0. The van der Waals surface area contributed by atoms with E-state index in [0.29, 0.717) is 25.2 Å². The quantitative estimate of drug-likeness (QED) is 0.797. The molecule has 1 atom stereocenters. The summed E-state index contributed by atoms with van der Waals surface area (Å²) in [7, 11) is 0. The molecule has 0 radical (unpaired) electrons. The minimum absolute atomic E-state index is 0.189. The van der Waals surface area contributed by atoms with Gasteiger partial charge in [-0.1, -0.05) is 61.9 Å². The number of aliphatic hydroxyl groups is 1. The van der Waals surface area contributed by atoms with Crippen molar-refractivity contribution in [1.82, 2.24) is 4.90 Å². The Bertz CT molecular complexity index is 558. The molecule has 0 aromatic heterocycles. The molecule has 0 bridgehead atoms. The van der Waals surface area contributed by atoms with Crippen molar-refractivity contribution >= 4 is 0 Å². The summed E-state index contributed by atoms with van der Waals surface area (Å²) in [4.78, 5) is 2.11. The van der Waals surface area contributed by atoms with Gasteiger partial charge in [0.25, 0.3) is 0 Å². The van der Waals surface area contributed by atoms with Crippen LogP contribution >= 0.6 is 0 Å². The predicted octanol–water partition coefficient (Wildman–Crippen LogP) is 3.99. The van der Waals surface area contributed by atoms with Crippen LogP contribution in [0.5, 0.6) is 0 Å². The van der Waals surface area contributed by atoms with E-state index < -0.39 is 0 Å². The van der Waals surface area contributed by atoms with E-state index in [1.54, 1.807) is 12.1 Å². The molecule has 3 heteroatoms. The second-order valence-electron chi connectivity index (χ2n) is 5.69. The Kier molecular flexibility index (Phi) is 6.56. The van der Waals surface area contributed by atoms with Crippen LogP contribution in [-0.4, -0.2) is 22.7 Å². The molecular formula is C19H24FNO. The second-order valence-corrected chi connectivity index (χ2v) is 5.69. The number of hydrogen-bond acceptors (Lipinski definition) is 2. The third-order valence-electron chi connectivity index (χ3n) is 3.69. The highest BCUT2D eigenvalue weighted by Gasteiger charge is 2.14. The maximum Gasteiger partial charge on any atom is 0.127 e. The van der Waals surface area contributed by atoms with Gasteiger partial charge in [-0.2, -0.15) is 0 Å². The molecule has 0 saturated carbocycles. The first kappa shape index (κ1) is 16.7. The van der Waals surface area contributed by atoms with Crippen molar-refractivity contribution in [2.45, 2.75) is 39.0 Å². The molecular weight excluding hydrogens is 277 g/mol. The van der Waals surface area contributed by atoms with Gasteiger partial charge < -0.3 is 5.11 Å². The Morgan fingerprint density at radius 2 is 1.68 bits per heavy atom. The fourth-order valence-corrected chi connectivity index (χ4v) is 2.62. The minimum atomic E-state index is -0.375. The van der Waals surface area contributed by atoms with Gasteiger partial charge in [0.1, 0.15) is 5.82 Å². The average Bonchev–Trinajstić information content (AvgIpc) is 2.51. The van der Waals surface area contributed by atoms with Crippen LogP contribution in [0.4, 0.5) is 4.39 Å². The van der Waals surface area contributed by atoms with Crippen molar-refractivity contribution in [3.05, 3.63) is 71.5 Å². The molecule has 0 spiro atoms. The molecule has 0 aliphatic carbocycles. The molecule has 0 heterocycles. The van der Waals surface area contributed by atoms with Gasteiger partial charge in [0, 0.05) is 25.2 Å². The van der Waals surface area contributed by atoms with Crippen LogP contribution in [0.15, 0.2) is 54.6 Å². The standard InChI is InChI=1S/C19H24FNO/c1-2-8-18(22)15-21(13-16-9-4-3-5-10-16)14-17-11-6-7-12-19(17)20/h3-7,9-12,18,22H,2,8,13-15H2,1H3. The van der Waals surface area contributed by atoms with Crippen LogP contribution in [0.25, 0.3) is 0 Å². The number of aliphatic hydroxyl groups excluding tert-OH is 1. The van der Waals surface area contributed by atoms with E-state index in [1.807, 2.05) is 24.3 Å². The summed E-state index contributed by atoms with van der Waals surface area (Å²) in [6, 6.07) is 16.9. The number of rotatable bonds is 8. The lowest BCUT2D eigenvalue weighted by Crippen LogP contribution is -2.32. The first-order valence-corrected chi connectivity index (χ1v) is 7.86. The molecule has 0 saturated heterocycles. The van der Waals surface area contributed by atoms with E-state index >= 15 is 0 Å². The summed E-state index contributed by atoms with van der Waals surface area (Å²) < 4.78 is 13.9. The Morgan fingerprint density at radius 3 is 2.36 bits per heavy atom. The van der Waals surface area contributed by atoms with Gasteiger partial charge in [-0.3, -0.25) is 4.90 Å². The summed E-state index contributed by atoms with van der Waals surface area (Å²) in [6.07, 6.45) is 1.34.